The van der Waals surface area contributed by atoms with Gasteiger partial charge in [-0.2, -0.15) is 0 Å². The third kappa shape index (κ3) is 5.34. The predicted molar refractivity (Wildman–Crippen MR) is 138 cm³/mol. The van der Waals surface area contributed by atoms with Crippen molar-refractivity contribution in [3.05, 3.63) is 75.6 Å². The molecule has 2 aliphatic heterocycles. The summed E-state index contributed by atoms with van der Waals surface area (Å²) in [5.41, 5.74) is 8.66. The molecule has 1 fully saturated rings. The van der Waals surface area contributed by atoms with Gasteiger partial charge in [0.1, 0.15) is 11.6 Å². The molecule has 5 rings (SSSR count). The number of halogens is 1. The Morgan fingerprint density at radius 3 is 2.86 bits per heavy atom. The van der Waals surface area contributed by atoms with Crippen LogP contribution in [0.5, 0.6) is 0 Å². The van der Waals surface area contributed by atoms with Gasteiger partial charge in [0.15, 0.2) is 0 Å². The number of hydrogen-bond donors (Lipinski definition) is 2. The molecule has 0 radical (unpaired) electrons. The van der Waals surface area contributed by atoms with E-state index >= 15 is 0 Å². The minimum atomic E-state index is -0.224. The standard InChI is InChI=1S/C28H34FN5O2/c1-33(14-7-10-22-18-24(32-31-22)19-8-6-9-21(29)16-19)27(35)20-12-13-23-25(17-20)30-26-11-4-2-3-5-15-34(26)28(23)36/h6,8-9,12-13,16-17,22,24,31-32H,2-5,7,10-11,14-15,18H2,1H3. The van der Waals surface area contributed by atoms with Gasteiger partial charge in [-0.15, -0.1) is 0 Å². The Bertz CT molecular complexity index is 1310. The second kappa shape index (κ2) is 10.9. The van der Waals surface area contributed by atoms with Crippen LogP contribution in [0.1, 0.15) is 72.7 Å². The van der Waals surface area contributed by atoms with Gasteiger partial charge >= 0.3 is 0 Å². The third-order valence-corrected chi connectivity index (χ3v) is 7.44. The van der Waals surface area contributed by atoms with Gasteiger partial charge in [0.2, 0.25) is 0 Å². The molecule has 2 atom stereocenters. The minimum Gasteiger partial charge on any atom is -0.342 e. The fourth-order valence-electron chi connectivity index (χ4n) is 5.38. The van der Waals surface area contributed by atoms with Crippen molar-refractivity contribution in [3.8, 4) is 0 Å². The smallest absolute Gasteiger partial charge is 0.261 e. The van der Waals surface area contributed by atoms with E-state index in [4.69, 9.17) is 4.98 Å². The van der Waals surface area contributed by atoms with Crippen molar-refractivity contribution in [2.24, 2.45) is 0 Å². The Balaban J connectivity index is 1.19. The van der Waals surface area contributed by atoms with Crippen molar-refractivity contribution in [2.45, 2.75) is 70.0 Å². The molecule has 7 nitrogen and oxygen atoms in total. The second-order valence-electron chi connectivity index (χ2n) is 10.1. The van der Waals surface area contributed by atoms with Crippen LogP contribution in [0.25, 0.3) is 10.9 Å². The lowest BCUT2D eigenvalue weighted by molar-refractivity contribution is 0.0792. The van der Waals surface area contributed by atoms with Crippen LogP contribution in [0.4, 0.5) is 4.39 Å². The van der Waals surface area contributed by atoms with Crippen LogP contribution in [0.15, 0.2) is 47.3 Å². The highest BCUT2D eigenvalue weighted by Gasteiger charge is 2.25. The van der Waals surface area contributed by atoms with E-state index in [1.165, 1.54) is 6.07 Å². The molecule has 2 aliphatic rings. The maximum absolute atomic E-state index is 13.5. The molecule has 36 heavy (non-hydrogen) atoms. The summed E-state index contributed by atoms with van der Waals surface area (Å²) in [6.45, 7) is 1.34. The fraction of sp³-hybridized carbons (Fsp3) is 0.464. The Morgan fingerprint density at radius 2 is 2.00 bits per heavy atom. The van der Waals surface area contributed by atoms with Crippen molar-refractivity contribution >= 4 is 16.8 Å². The number of carbonyl (C=O) groups is 1. The molecule has 2 N–H and O–H groups in total. The molecule has 8 heteroatoms. The quantitative estimate of drug-likeness (QED) is 0.543. The number of fused-ring (bicyclic) bond motifs is 2. The van der Waals surface area contributed by atoms with Gasteiger partial charge in [0.25, 0.3) is 11.5 Å². The van der Waals surface area contributed by atoms with Crippen LogP contribution in [0.2, 0.25) is 0 Å². The first kappa shape index (κ1) is 24.6. The third-order valence-electron chi connectivity index (χ3n) is 7.44. The number of benzene rings is 2. The highest BCUT2D eigenvalue weighted by atomic mass is 19.1. The summed E-state index contributed by atoms with van der Waals surface area (Å²) in [4.78, 5) is 32.7. The molecule has 0 bridgehead atoms. The summed E-state index contributed by atoms with van der Waals surface area (Å²) < 4.78 is 15.3. The van der Waals surface area contributed by atoms with Gasteiger partial charge in [-0.05, 0) is 68.0 Å². The summed E-state index contributed by atoms with van der Waals surface area (Å²) in [7, 11) is 1.81. The van der Waals surface area contributed by atoms with Crippen LogP contribution < -0.4 is 16.4 Å². The van der Waals surface area contributed by atoms with E-state index in [0.29, 0.717) is 23.0 Å². The van der Waals surface area contributed by atoms with Gasteiger partial charge < -0.3 is 4.90 Å². The van der Waals surface area contributed by atoms with E-state index in [-0.39, 0.29) is 29.4 Å². The Labute approximate surface area is 210 Å². The summed E-state index contributed by atoms with van der Waals surface area (Å²) >= 11 is 0. The van der Waals surface area contributed by atoms with Gasteiger partial charge in [-0.3, -0.25) is 25.0 Å². The number of nitrogens with zero attached hydrogens (tertiary/aromatic N) is 3. The van der Waals surface area contributed by atoms with Crippen LogP contribution in [0.3, 0.4) is 0 Å². The lowest BCUT2D eigenvalue weighted by Crippen LogP contribution is -2.32. The van der Waals surface area contributed by atoms with E-state index in [1.54, 1.807) is 35.2 Å². The van der Waals surface area contributed by atoms with Crippen LogP contribution in [-0.2, 0) is 13.0 Å². The zero-order valence-corrected chi connectivity index (χ0v) is 20.8. The number of hydrogen-bond acceptors (Lipinski definition) is 5. The second-order valence-corrected chi connectivity index (χ2v) is 10.1. The van der Waals surface area contributed by atoms with Gasteiger partial charge in [-0.25, -0.2) is 9.37 Å². The molecule has 2 unspecified atom stereocenters. The lowest BCUT2D eigenvalue weighted by Gasteiger charge is -2.19. The van der Waals surface area contributed by atoms with Crippen molar-refractivity contribution in [3.63, 3.8) is 0 Å². The molecule has 3 aromatic rings. The number of hydrazine groups is 1. The number of rotatable bonds is 6. The summed E-state index contributed by atoms with van der Waals surface area (Å²) in [6.07, 6.45) is 7.76. The highest BCUT2D eigenvalue weighted by molar-refractivity contribution is 5.97. The van der Waals surface area contributed by atoms with E-state index in [2.05, 4.69) is 10.9 Å². The van der Waals surface area contributed by atoms with Gasteiger partial charge in [0.05, 0.1) is 10.9 Å². The molecule has 1 aromatic heterocycles. The number of aryl methyl sites for hydroxylation is 1. The van der Waals surface area contributed by atoms with Gasteiger partial charge in [-0.1, -0.05) is 25.0 Å². The molecule has 190 valence electrons. The van der Waals surface area contributed by atoms with E-state index in [1.807, 2.05) is 17.7 Å². The number of aromatic nitrogens is 2. The van der Waals surface area contributed by atoms with E-state index < -0.39 is 0 Å². The number of amides is 1. The topological polar surface area (TPSA) is 79.3 Å². The van der Waals surface area contributed by atoms with Crippen molar-refractivity contribution < 1.29 is 9.18 Å². The average Bonchev–Trinajstić information content (AvgIpc) is 3.33. The normalized spacial score (nSPS) is 20.1. The summed E-state index contributed by atoms with van der Waals surface area (Å²) in [5.74, 6) is 0.540. The fourth-order valence-corrected chi connectivity index (χ4v) is 5.38. The zero-order valence-electron chi connectivity index (χ0n) is 20.8. The number of nitrogens with one attached hydrogen (secondary N) is 2. The summed E-state index contributed by atoms with van der Waals surface area (Å²) in [6, 6.07) is 12.3. The zero-order chi connectivity index (χ0) is 25.1. The molecule has 2 aromatic carbocycles. The molecule has 0 aliphatic carbocycles. The molecular formula is C28H34FN5O2. The van der Waals surface area contributed by atoms with Crippen molar-refractivity contribution in [1.82, 2.24) is 25.3 Å². The van der Waals surface area contributed by atoms with E-state index in [0.717, 1.165) is 69.3 Å². The Hall–Kier alpha value is -3.10. The van der Waals surface area contributed by atoms with Crippen molar-refractivity contribution in [2.75, 3.05) is 13.6 Å². The molecule has 1 saturated heterocycles. The average molecular weight is 492 g/mol. The maximum atomic E-state index is 13.5. The SMILES string of the molecule is CN(CCCC1CC(c2cccc(F)c2)NN1)C(=O)c1ccc2c(=O)n3c(nc2c1)CCCCCC3. The first-order valence-electron chi connectivity index (χ1n) is 13.0. The van der Waals surface area contributed by atoms with Crippen LogP contribution >= 0.6 is 0 Å². The molecule has 0 saturated carbocycles. The van der Waals surface area contributed by atoms with Gasteiger partial charge in [0, 0.05) is 44.2 Å². The lowest BCUT2D eigenvalue weighted by atomic mass is 9.99. The predicted octanol–water partition coefficient (Wildman–Crippen LogP) is 4.11. The number of carbonyl (C=O) groups excluding carboxylic acids is 1. The summed E-state index contributed by atoms with van der Waals surface area (Å²) in [5, 5.41) is 0.575. The molecule has 3 heterocycles. The minimum absolute atomic E-state index is 0.00141. The maximum Gasteiger partial charge on any atom is 0.261 e. The first-order valence-corrected chi connectivity index (χ1v) is 13.0. The Kier molecular flexibility index (Phi) is 7.43. The largest absolute Gasteiger partial charge is 0.342 e. The Morgan fingerprint density at radius 1 is 1.14 bits per heavy atom. The van der Waals surface area contributed by atoms with Crippen LogP contribution in [-0.4, -0.2) is 40.0 Å². The highest BCUT2D eigenvalue weighted by Crippen LogP contribution is 2.25. The van der Waals surface area contributed by atoms with E-state index in [9.17, 15) is 14.0 Å². The first-order chi connectivity index (χ1) is 17.5. The van der Waals surface area contributed by atoms with Crippen molar-refractivity contribution in [1.29, 1.82) is 0 Å². The monoisotopic (exact) mass is 491 g/mol. The molecule has 0 spiro atoms. The van der Waals surface area contributed by atoms with Crippen LogP contribution in [0, 0.1) is 5.82 Å². The molecule has 1 amide bonds. The molecular weight excluding hydrogens is 457 g/mol.